The zero-order valence-corrected chi connectivity index (χ0v) is 14.8. The molecule has 0 radical (unpaired) electrons. The topological polar surface area (TPSA) is 114 Å². The van der Waals surface area contributed by atoms with Gasteiger partial charge in [0.1, 0.15) is 11.9 Å². The number of hydrogen-bond donors (Lipinski definition) is 3. The van der Waals surface area contributed by atoms with Gasteiger partial charge in [-0.2, -0.15) is 4.98 Å². The Labute approximate surface area is 155 Å². The average molecular weight is 371 g/mol. The molecule has 2 bridgehead atoms. The van der Waals surface area contributed by atoms with E-state index in [1.54, 1.807) is 37.4 Å². The van der Waals surface area contributed by atoms with Crippen molar-refractivity contribution in [2.45, 2.75) is 31.6 Å². The van der Waals surface area contributed by atoms with E-state index in [0.29, 0.717) is 17.5 Å². The van der Waals surface area contributed by atoms with Crippen LogP contribution in [0.25, 0.3) is 0 Å². The van der Waals surface area contributed by atoms with Crippen LogP contribution < -0.4 is 11.0 Å². The number of ether oxygens (including phenoxy) is 1. The number of amides is 1. The lowest BCUT2D eigenvalue weighted by Gasteiger charge is -2.28. The van der Waals surface area contributed by atoms with Crippen LogP contribution in [0.3, 0.4) is 0 Å². The first kappa shape index (κ1) is 17.8. The Balaban J connectivity index is 1.60. The Morgan fingerprint density at radius 3 is 2.81 bits per heavy atom. The number of aliphatic hydroxyl groups is 2. The lowest BCUT2D eigenvalue weighted by atomic mass is 9.87. The number of aliphatic hydroxyl groups excluding tert-OH is 2. The lowest BCUT2D eigenvalue weighted by molar-refractivity contribution is -0.00374. The van der Waals surface area contributed by atoms with Crippen LogP contribution in [0.2, 0.25) is 0 Å². The standard InChI is InChI=1S/C19H21N3O5/c1-11-8-22(13-7-19(9-23)10-27-14(13)15(19)24)18(26)21-16(11)20-17(25)12-5-3-2-4-6-12/h2-6,8,13-15,23-24H,7,9-10H2,1H3,(H,20,21,25,26)/t13-,14-,15?,19-/m1/s1. The minimum atomic E-state index is -0.822. The third-order valence-electron chi connectivity index (χ3n) is 5.57. The van der Waals surface area contributed by atoms with Gasteiger partial charge >= 0.3 is 5.69 Å². The van der Waals surface area contributed by atoms with Gasteiger partial charge in [0.15, 0.2) is 0 Å². The first-order valence-electron chi connectivity index (χ1n) is 8.82. The van der Waals surface area contributed by atoms with E-state index in [2.05, 4.69) is 10.3 Å². The van der Waals surface area contributed by atoms with Crippen LogP contribution in [0.15, 0.2) is 41.3 Å². The summed E-state index contributed by atoms with van der Waals surface area (Å²) < 4.78 is 7.03. The van der Waals surface area contributed by atoms with Crippen LogP contribution in [0.5, 0.6) is 0 Å². The highest BCUT2D eigenvalue weighted by Gasteiger charge is 2.59. The smallest absolute Gasteiger partial charge is 0.349 e. The number of anilines is 1. The molecular formula is C19H21N3O5. The maximum absolute atomic E-state index is 12.6. The number of aryl methyl sites for hydroxylation is 1. The molecule has 4 atom stereocenters. The zero-order valence-electron chi connectivity index (χ0n) is 14.8. The van der Waals surface area contributed by atoms with Gasteiger partial charge in [0.2, 0.25) is 0 Å². The molecule has 27 heavy (non-hydrogen) atoms. The van der Waals surface area contributed by atoms with Gasteiger partial charge in [0.25, 0.3) is 5.91 Å². The van der Waals surface area contributed by atoms with Gasteiger partial charge < -0.3 is 20.3 Å². The summed E-state index contributed by atoms with van der Waals surface area (Å²) in [5.74, 6) is -0.145. The molecule has 1 saturated carbocycles. The van der Waals surface area contributed by atoms with Gasteiger partial charge in [-0.3, -0.25) is 9.36 Å². The molecule has 3 N–H and O–H groups in total. The van der Waals surface area contributed by atoms with Gasteiger partial charge in [-0.15, -0.1) is 0 Å². The van der Waals surface area contributed by atoms with Crippen molar-refractivity contribution in [2.24, 2.45) is 5.41 Å². The highest BCUT2D eigenvalue weighted by atomic mass is 16.5. The fourth-order valence-electron chi connectivity index (χ4n) is 3.98. The molecule has 8 nitrogen and oxygen atoms in total. The third kappa shape index (κ3) is 2.86. The summed E-state index contributed by atoms with van der Waals surface area (Å²) in [6, 6.07) is 8.27. The predicted molar refractivity (Wildman–Crippen MR) is 96.5 cm³/mol. The fraction of sp³-hybridized carbons (Fsp3) is 0.421. The van der Waals surface area contributed by atoms with E-state index < -0.39 is 29.4 Å². The number of nitrogens with one attached hydrogen (secondary N) is 1. The molecule has 1 aliphatic carbocycles. The number of hydrogen-bond acceptors (Lipinski definition) is 6. The van der Waals surface area contributed by atoms with Crippen LogP contribution >= 0.6 is 0 Å². The van der Waals surface area contributed by atoms with Gasteiger partial charge in [-0.1, -0.05) is 18.2 Å². The number of carbonyl (C=O) groups is 1. The fourth-order valence-corrected chi connectivity index (χ4v) is 3.98. The van der Waals surface area contributed by atoms with E-state index in [1.165, 1.54) is 4.57 Å². The number of carbonyl (C=O) groups excluding carboxylic acids is 1. The minimum Gasteiger partial charge on any atom is -0.396 e. The molecular weight excluding hydrogens is 350 g/mol. The Kier molecular flexibility index (Phi) is 4.33. The summed E-state index contributed by atoms with van der Waals surface area (Å²) >= 11 is 0. The molecule has 2 heterocycles. The van der Waals surface area contributed by atoms with Crippen molar-refractivity contribution in [2.75, 3.05) is 18.5 Å². The summed E-state index contributed by atoms with van der Waals surface area (Å²) in [6.45, 7) is 1.82. The van der Waals surface area contributed by atoms with Crippen LogP contribution in [0, 0.1) is 12.3 Å². The zero-order chi connectivity index (χ0) is 19.2. The summed E-state index contributed by atoms with van der Waals surface area (Å²) in [6.07, 6.45) is 0.673. The molecule has 1 amide bonds. The lowest BCUT2D eigenvalue weighted by Crippen LogP contribution is -2.36. The summed E-state index contributed by atoms with van der Waals surface area (Å²) in [5, 5.41) is 22.7. The quantitative estimate of drug-likeness (QED) is 0.721. The molecule has 1 unspecified atom stereocenters. The van der Waals surface area contributed by atoms with E-state index >= 15 is 0 Å². The number of nitrogens with zero attached hydrogens (tertiary/aromatic N) is 2. The van der Waals surface area contributed by atoms with Crippen LogP contribution in [-0.2, 0) is 4.74 Å². The Bertz CT molecular complexity index is 929. The molecule has 1 saturated heterocycles. The third-order valence-corrected chi connectivity index (χ3v) is 5.57. The highest BCUT2D eigenvalue weighted by Crippen LogP contribution is 2.51. The number of aromatic nitrogens is 2. The Morgan fingerprint density at radius 1 is 1.41 bits per heavy atom. The van der Waals surface area contributed by atoms with Crippen molar-refractivity contribution in [3.8, 4) is 0 Å². The van der Waals surface area contributed by atoms with Crippen molar-refractivity contribution in [3.05, 3.63) is 58.1 Å². The van der Waals surface area contributed by atoms with E-state index in [0.717, 1.165) is 0 Å². The molecule has 0 spiro atoms. The van der Waals surface area contributed by atoms with Crippen molar-refractivity contribution in [3.63, 3.8) is 0 Å². The first-order chi connectivity index (χ1) is 12.9. The van der Waals surface area contributed by atoms with Gasteiger partial charge in [0.05, 0.1) is 25.4 Å². The first-order valence-corrected chi connectivity index (χ1v) is 8.82. The Hall–Kier alpha value is -2.55. The van der Waals surface area contributed by atoms with Gasteiger partial charge in [-0.05, 0) is 25.5 Å². The van der Waals surface area contributed by atoms with Gasteiger partial charge in [0, 0.05) is 22.7 Å². The van der Waals surface area contributed by atoms with Crippen molar-refractivity contribution in [1.29, 1.82) is 0 Å². The molecule has 4 rings (SSSR count). The van der Waals surface area contributed by atoms with Crippen LogP contribution in [0.4, 0.5) is 5.82 Å². The van der Waals surface area contributed by atoms with Crippen LogP contribution in [-0.4, -0.2) is 51.1 Å². The number of benzene rings is 1. The van der Waals surface area contributed by atoms with Crippen molar-refractivity contribution < 1.29 is 19.7 Å². The average Bonchev–Trinajstić information content (AvgIpc) is 3.15. The maximum atomic E-state index is 12.6. The highest BCUT2D eigenvalue weighted by molar-refractivity contribution is 6.03. The monoisotopic (exact) mass is 371 g/mol. The molecule has 142 valence electrons. The van der Waals surface area contributed by atoms with Gasteiger partial charge in [-0.25, -0.2) is 4.79 Å². The molecule has 2 aliphatic rings. The molecule has 1 aromatic heterocycles. The second-order valence-electron chi connectivity index (χ2n) is 7.29. The second kappa shape index (κ2) is 6.56. The van der Waals surface area contributed by atoms with Crippen molar-refractivity contribution in [1.82, 2.24) is 9.55 Å². The second-order valence-corrected chi connectivity index (χ2v) is 7.29. The Morgan fingerprint density at radius 2 is 2.15 bits per heavy atom. The molecule has 1 aliphatic heterocycles. The van der Waals surface area contributed by atoms with E-state index in [9.17, 15) is 19.8 Å². The van der Waals surface area contributed by atoms with E-state index in [4.69, 9.17) is 4.74 Å². The van der Waals surface area contributed by atoms with E-state index in [1.807, 2.05) is 6.07 Å². The molecule has 8 heteroatoms. The number of rotatable bonds is 4. The summed E-state index contributed by atoms with van der Waals surface area (Å²) in [5.41, 5.74) is -0.180. The molecule has 2 aromatic rings. The molecule has 2 fully saturated rings. The largest absolute Gasteiger partial charge is 0.396 e. The number of fused-ring (bicyclic) bond motifs is 2. The maximum Gasteiger partial charge on any atom is 0.349 e. The normalized spacial score (nSPS) is 29.1. The van der Waals surface area contributed by atoms with E-state index in [-0.39, 0.29) is 24.9 Å². The molecule has 1 aromatic carbocycles. The predicted octanol–water partition coefficient (Wildman–Crippen LogP) is 0.487. The summed E-state index contributed by atoms with van der Waals surface area (Å²) in [7, 11) is 0. The van der Waals surface area contributed by atoms with Crippen LogP contribution in [0.1, 0.15) is 28.4 Å². The SMILES string of the molecule is Cc1cn([C@@H]2C[C@@]3(CO)CO[C@H]2C3O)c(=O)nc1NC(=O)c1ccccc1. The summed E-state index contributed by atoms with van der Waals surface area (Å²) in [4.78, 5) is 28.9. The van der Waals surface area contributed by atoms with Crippen molar-refractivity contribution >= 4 is 11.7 Å². The minimum absolute atomic E-state index is 0.201.